The van der Waals surface area contributed by atoms with E-state index < -0.39 is 24.7 Å². The minimum atomic E-state index is -4.55. The zero-order valence-electron chi connectivity index (χ0n) is 10.6. The summed E-state index contributed by atoms with van der Waals surface area (Å²) in [4.78, 5) is 12.1. The standard InChI is InChI=1S/C12H13F4NO3/c1-17(11(18)20-8-12(14,15)16)6-7-19-10-4-2-9(13)3-5-10/h2-5H,6-8H2,1H3. The third kappa shape index (κ3) is 6.26. The van der Waals surface area contributed by atoms with Gasteiger partial charge in [-0.25, -0.2) is 9.18 Å². The van der Waals surface area contributed by atoms with Crippen LogP contribution in [0.25, 0.3) is 0 Å². The van der Waals surface area contributed by atoms with Gasteiger partial charge in [-0.1, -0.05) is 0 Å². The Bertz CT molecular complexity index is 433. The molecule has 1 aromatic rings. The lowest BCUT2D eigenvalue weighted by molar-refractivity contribution is -0.162. The van der Waals surface area contributed by atoms with Gasteiger partial charge in [-0.3, -0.25) is 0 Å². The van der Waals surface area contributed by atoms with Crippen LogP contribution in [0.3, 0.4) is 0 Å². The van der Waals surface area contributed by atoms with Gasteiger partial charge in [0, 0.05) is 7.05 Å². The summed E-state index contributed by atoms with van der Waals surface area (Å²) in [5.41, 5.74) is 0. The molecule has 8 heteroatoms. The van der Waals surface area contributed by atoms with Crippen molar-refractivity contribution in [3.05, 3.63) is 30.1 Å². The van der Waals surface area contributed by atoms with E-state index in [1.54, 1.807) is 0 Å². The molecule has 0 saturated heterocycles. The summed E-state index contributed by atoms with van der Waals surface area (Å²) < 4.78 is 57.3. The lowest BCUT2D eigenvalue weighted by atomic mass is 10.3. The summed E-state index contributed by atoms with van der Waals surface area (Å²) in [5, 5.41) is 0. The third-order valence-electron chi connectivity index (χ3n) is 2.18. The Morgan fingerprint density at radius 2 is 1.85 bits per heavy atom. The molecule has 4 nitrogen and oxygen atoms in total. The number of likely N-dealkylation sites (N-methyl/N-ethyl adjacent to an activating group) is 1. The molecule has 0 saturated carbocycles. The van der Waals surface area contributed by atoms with Crippen molar-refractivity contribution >= 4 is 6.09 Å². The first-order valence-electron chi connectivity index (χ1n) is 5.61. The van der Waals surface area contributed by atoms with Gasteiger partial charge < -0.3 is 14.4 Å². The highest BCUT2D eigenvalue weighted by atomic mass is 19.4. The number of carbonyl (C=O) groups excluding carboxylic acids is 1. The monoisotopic (exact) mass is 295 g/mol. The van der Waals surface area contributed by atoms with E-state index in [-0.39, 0.29) is 13.2 Å². The van der Waals surface area contributed by atoms with E-state index in [9.17, 15) is 22.4 Å². The number of benzene rings is 1. The van der Waals surface area contributed by atoms with Crippen molar-refractivity contribution in [2.24, 2.45) is 0 Å². The maximum Gasteiger partial charge on any atom is 0.422 e. The fraction of sp³-hybridized carbons (Fsp3) is 0.417. The molecule has 20 heavy (non-hydrogen) atoms. The summed E-state index contributed by atoms with van der Waals surface area (Å²) in [5.74, 6) is -0.0198. The van der Waals surface area contributed by atoms with E-state index in [1.807, 2.05) is 0 Å². The number of amides is 1. The van der Waals surface area contributed by atoms with Crippen LogP contribution in [-0.4, -0.2) is 44.0 Å². The van der Waals surface area contributed by atoms with Crippen LogP contribution in [0.4, 0.5) is 22.4 Å². The number of hydrogen-bond acceptors (Lipinski definition) is 3. The molecule has 112 valence electrons. The van der Waals surface area contributed by atoms with Crippen LogP contribution in [0.1, 0.15) is 0 Å². The smallest absolute Gasteiger partial charge is 0.422 e. The lowest BCUT2D eigenvalue weighted by Gasteiger charge is -2.17. The van der Waals surface area contributed by atoms with Gasteiger partial charge in [0.05, 0.1) is 6.54 Å². The Morgan fingerprint density at radius 3 is 2.40 bits per heavy atom. The first kappa shape index (κ1) is 16.1. The molecule has 0 spiro atoms. The molecule has 0 aliphatic carbocycles. The van der Waals surface area contributed by atoms with Crippen molar-refractivity contribution in [3.63, 3.8) is 0 Å². The molecule has 1 amide bonds. The van der Waals surface area contributed by atoms with E-state index in [2.05, 4.69) is 4.74 Å². The minimum Gasteiger partial charge on any atom is -0.492 e. The van der Waals surface area contributed by atoms with Gasteiger partial charge in [0.1, 0.15) is 18.2 Å². The first-order chi connectivity index (χ1) is 9.28. The zero-order valence-corrected chi connectivity index (χ0v) is 10.6. The highest BCUT2D eigenvalue weighted by Crippen LogP contribution is 2.15. The topological polar surface area (TPSA) is 38.8 Å². The molecule has 0 aliphatic rings. The van der Waals surface area contributed by atoms with Gasteiger partial charge in [0.2, 0.25) is 0 Å². The maximum absolute atomic E-state index is 12.6. The van der Waals surface area contributed by atoms with Gasteiger partial charge >= 0.3 is 12.3 Å². The summed E-state index contributed by atoms with van der Waals surface area (Å²) in [7, 11) is 1.28. The van der Waals surface area contributed by atoms with Crippen LogP contribution < -0.4 is 4.74 Å². The fourth-order valence-electron chi connectivity index (χ4n) is 1.18. The molecule has 0 heterocycles. The number of hydrogen-bond donors (Lipinski definition) is 0. The second kappa shape index (κ2) is 6.97. The highest BCUT2D eigenvalue weighted by molar-refractivity contribution is 5.67. The predicted molar refractivity (Wildman–Crippen MR) is 61.9 cm³/mol. The number of ether oxygens (including phenoxy) is 2. The Kier molecular flexibility index (Phi) is 5.60. The Labute approximate surface area is 112 Å². The van der Waals surface area contributed by atoms with Crippen molar-refractivity contribution in [3.8, 4) is 5.75 Å². The van der Waals surface area contributed by atoms with Crippen LogP contribution in [0.5, 0.6) is 5.75 Å². The largest absolute Gasteiger partial charge is 0.492 e. The minimum absolute atomic E-state index is 0.0358. The van der Waals surface area contributed by atoms with Crippen LogP contribution in [0, 0.1) is 5.82 Å². The second-order valence-corrected chi connectivity index (χ2v) is 3.89. The number of nitrogens with zero attached hydrogens (tertiary/aromatic N) is 1. The van der Waals surface area contributed by atoms with E-state index in [0.29, 0.717) is 5.75 Å². The van der Waals surface area contributed by atoms with Gasteiger partial charge in [0.25, 0.3) is 0 Å². The van der Waals surface area contributed by atoms with Crippen molar-refractivity contribution < 1.29 is 31.8 Å². The molecule has 0 aliphatic heterocycles. The maximum atomic E-state index is 12.6. The lowest BCUT2D eigenvalue weighted by Crippen LogP contribution is -2.33. The Hall–Kier alpha value is -1.99. The van der Waals surface area contributed by atoms with Crippen LogP contribution >= 0.6 is 0 Å². The van der Waals surface area contributed by atoms with Gasteiger partial charge in [-0.2, -0.15) is 13.2 Å². The average molecular weight is 295 g/mol. The third-order valence-corrected chi connectivity index (χ3v) is 2.18. The molecule has 0 radical (unpaired) electrons. The molecule has 1 aromatic carbocycles. The highest BCUT2D eigenvalue weighted by Gasteiger charge is 2.30. The van der Waals surface area contributed by atoms with Crippen LogP contribution in [0.15, 0.2) is 24.3 Å². The number of halogens is 4. The number of carbonyl (C=O) groups is 1. The van der Waals surface area contributed by atoms with Gasteiger partial charge in [-0.15, -0.1) is 0 Å². The van der Waals surface area contributed by atoms with Gasteiger partial charge in [-0.05, 0) is 24.3 Å². The van der Waals surface area contributed by atoms with E-state index in [4.69, 9.17) is 4.74 Å². The first-order valence-corrected chi connectivity index (χ1v) is 5.61. The second-order valence-electron chi connectivity index (χ2n) is 3.89. The van der Waals surface area contributed by atoms with E-state index in [0.717, 1.165) is 4.90 Å². The predicted octanol–water partition coefficient (Wildman–Crippen LogP) is 2.84. The molecule has 0 unspecified atom stereocenters. The summed E-state index contributed by atoms with van der Waals surface area (Å²) in [6.07, 6.45) is -5.65. The average Bonchev–Trinajstić information content (AvgIpc) is 2.37. The molecular weight excluding hydrogens is 282 g/mol. The molecule has 0 fully saturated rings. The number of rotatable bonds is 5. The SMILES string of the molecule is CN(CCOc1ccc(F)cc1)C(=O)OCC(F)(F)F. The normalized spacial score (nSPS) is 11.1. The molecule has 0 aromatic heterocycles. The van der Waals surface area contributed by atoms with Gasteiger partial charge in [0.15, 0.2) is 6.61 Å². The zero-order chi connectivity index (χ0) is 15.2. The molecule has 0 bridgehead atoms. The number of alkyl halides is 3. The van der Waals surface area contributed by atoms with Crippen LogP contribution in [0.2, 0.25) is 0 Å². The van der Waals surface area contributed by atoms with E-state index in [1.165, 1.54) is 31.3 Å². The summed E-state index contributed by atoms with van der Waals surface area (Å²) >= 11 is 0. The van der Waals surface area contributed by atoms with Crippen molar-refractivity contribution in [2.45, 2.75) is 6.18 Å². The molecule has 0 N–H and O–H groups in total. The quantitative estimate of drug-likeness (QED) is 0.784. The molecule has 1 rings (SSSR count). The Balaban J connectivity index is 2.27. The van der Waals surface area contributed by atoms with Crippen LogP contribution in [-0.2, 0) is 4.74 Å². The summed E-state index contributed by atoms with van der Waals surface area (Å²) in [6.45, 7) is -1.55. The molecule has 0 atom stereocenters. The fourth-order valence-corrected chi connectivity index (χ4v) is 1.18. The summed E-state index contributed by atoms with van der Waals surface area (Å²) in [6, 6.07) is 5.21. The molecular formula is C12H13F4NO3. The van der Waals surface area contributed by atoms with E-state index >= 15 is 0 Å². The Morgan fingerprint density at radius 1 is 1.25 bits per heavy atom. The van der Waals surface area contributed by atoms with Crippen molar-refractivity contribution in [1.82, 2.24) is 4.90 Å². The van der Waals surface area contributed by atoms with Crippen molar-refractivity contribution in [1.29, 1.82) is 0 Å². The van der Waals surface area contributed by atoms with Crippen molar-refractivity contribution in [2.75, 3.05) is 26.8 Å².